The Morgan fingerprint density at radius 2 is 1.69 bits per heavy atom. The molecule has 0 radical (unpaired) electrons. The summed E-state index contributed by atoms with van der Waals surface area (Å²) in [5.74, 6) is 0.0503. The molecule has 4 nitrogen and oxygen atoms in total. The highest BCUT2D eigenvalue weighted by Gasteiger charge is 2.25. The van der Waals surface area contributed by atoms with E-state index in [4.69, 9.17) is 11.6 Å². The van der Waals surface area contributed by atoms with E-state index in [1.807, 2.05) is 30.3 Å². The third-order valence-corrected chi connectivity index (χ3v) is 8.33. The van der Waals surface area contributed by atoms with Crippen LogP contribution in [0.5, 0.6) is 0 Å². The molecule has 0 spiro atoms. The first-order chi connectivity index (χ1) is 15.4. The Kier molecular flexibility index (Phi) is 7.31. The summed E-state index contributed by atoms with van der Waals surface area (Å²) in [4.78, 5) is 2.78. The zero-order valence-electron chi connectivity index (χ0n) is 18.3. The van der Waals surface area contributed by atoms with Gasteiger partial charge < -0.3 is 0 Å². The quantitative estimate of drug-likeness (QED) is 0.456. The van der Waals surface area contributed by atoms with Crippen LogP contribution in [0.2, 0.25) is 5.02 Å². The number of halogens is 1. The van der Waals surface area contributed by atoms with Crippen molar-refractivity contribution in [3.63, 3.8) is 0 Å². The number of likely N-dealkylation sites (N-methyl/N-ethyl adjacent to an activating group) is 1. The minimum absolute atomic E-state index is 0.0503. The highest BCUT2D eigenvalue weighted by atomic mass is 35.5. The van der Waals surface area contributed by atoms with Gasteiger partial charge in [0.25, 0.3) is 0 Å². The van der Waals surface area contributed by atoms with Crippen LogP contribution in [0, 0.1) is 0 Å². The molecular formula is C26H29ClN2O2S. The van der Waals surface area contributed by atoms with E-state index in [0.717, 1.165) is 38.0 Å². The Hall–Kier alpha value is -2.18. The lowest BCUT2D eigenvalue weighted by atomic mass is 9.94. The maximum atomic E-state index is 13.1. The maximum Gasteiger partial charge on any atom is 0.242 e. The van der Waals surface area contributed by atoms with E-state index < -0.39 is 10.0 Å². The lowest BCUT2D eigenvalue weighted by molar-refractivity contribution is 0.240. The Balaban J connectivity index is 1.50. The fourth-order valence-corrected chi connectivity index (χ4v) is 5.82. The van der Waals surface area contributed by atoms with Crippen LogP contribution in [0.25, 0.3) is 0 Å². The first-order valence-electron chi connectivity index (χ1n) is 11.0. The lowest BCUT2D eigenvalue weighted by Gasteiger charge is -2.31. The summed E-state index contributed by atoms with van der Waals surface area (Å²) in [5.41, 5.74) is 3.90. The molecule has 0 saturated carbocycles. The second-order valence-corrected chi connectivity index (χ2v) is 10.9. The van der Waals surface area contributed by atoms with Gasteiger partial charge in [-0.2, -0.15) is 0 Å². The molecule has 6 heteroatoms. The van der Waals surface area contributed by atoms with Crippen molar-refractivity contribution in [3.05, 3.63) is 101 Å². The van der Waals surface area contributed by atoms with Crippen molar-refractivity contribution in [2.45, 2.75) is 30.2 Å². The molecule has 3 aromatic rings. The van der Waals surface area contributed by atoms with Gasteiger partial charge in [0.05, 0.1) is 4.90 Å². The normalized spacial score (nSPS) is 15.5. The van der Waals surface area contributed by atoms with Crippen molar-refractivity contribution < 1.29 is 8.42 Å². The highest BCUT2D eigenvalue weighted by molar-refractivity contribution is 7.89. The first kappa shape index (κ1) is 23.0. The van der Waals surface area contributed by atoms with Crippen LogP contribution in [0.3, 0.4) is 0 Å². The zero-order valence-corrected chi connectivity index (χ0v) is 19.9. The third kappa shape index (κ3) is 5.41. The van der Waals surface area contributed by atoms with E-state index in [-0.39, 0.29) is 5.92 Å². The van der Waals surface area contributed by atoms with E-state index in [1.54, 1.807) is 31.3 Å². The third-order valence-electron chi connectivity index (χ3n) is 6.25. The van der Waals surface area contributed by atoms with E-state index in [0.29, 0.717) is 16.5 Å². The van der Waals surface area contributed by atoms with Gasteiger partial charge in [-0.3, -0.25) is 4.90 Å². The number of rotatable bonds is 8. The van der Waals surface area contributed by atoms with Gasteiger partial charge >= 0.3 is 0 Å². The number of fused-ring (bicyclic) bond motifs is 1. The number of hydrogen-bond acceptors (Lipinski definition) is 3. The van der Waals surface area contributed by atoms with Gasteiger partial charge in [0.2, 0.25) is 10.0 Å². The molecule has 0 unspecified atom stereocenters. The molecule has 0 bridgehead atoms. The Morgan fingerprint density at radius 3 is 2.44 bits per heavy atom. The minimum atomic E-state index is -3.55. The van der Waals surface area contributed by atoms with E-state index in [1.165, 1.54) is 15.4 Å². The fraction of sp³-hybridized carbons (Fsp3) is 0.308. The average Bonchev–Trinajstić information content (AvgIpc) is 2.82. The van der Waals surface area contributed by atoms with Crippen LogP contribution in [-0.4, -0.2) is 44.3 Å². The molecular weight excluding hydrogens is 440 g/mol. The largest absolute Gasteiger partial charge is 0.299 e. The van der Waals surface area contributed by atoms with Crippen LogP contribution in [0.1, 0.15) is 29.0 Å². The van der Waals surface area contributed by atoms with E-state index >= 15 is 0 Å². The Labute approximate surface area is 196 Å². The van der Waals surface area contributed by atoms with Crippen molar-refractivity contribution in [2.24, 2.45) is 0 Å². The highest BCUT2D eigenvalue weighted by Crippen LogP contribution is 2.27. The van der Waals surface area contributed by atoms with Crippen LogP contribution in [0.15, 0.2) is 83.8 Å². The van der Waals surface area contributed by atoms with Crippen LogP contribution in [0.4, 0.5) is 0 Å². The molecule has 1 aliphatic rings. The number of sulfonamides is 1. The molecule has 168 valence electrons. The van der Waals surface area contributed by atoms with Crippen molar-refractivity contribution in [1.82, 2.24) is 9.21 Å². The topological polar surface area (TPSA) is 40.6 Å². The van der Waals surface area contributed by atoms with Crippen molar-refractivity contribution in [1.29, 1.82) is 0 Å². The number of nitrogens with zero attached hydrogens (tertiary/aromatic N) is 2. The van der Waals surface area contributed by atoms with Crippen molar-refractivity contribution in [3.8, 4) is 0 Å². The summed E-state index contributed by atoms with van der Waals surface area (Å²) in [6, 6.07) is 25.0. The minimum Gasteiger partial charge on any atom is -0.299 e. The average molecular weight is 469 g/mol. The second kappa shape index (κ2) is 10.2. The molecule has 0 saturated heterocycles. The van der Waals surface area contributed by atoms with Crippen molar-refractivity contribution >= 4 is 21.6 Å². The zero-order chi connectivity index (χ0) is 22.6. The fourth-order valence-electron chi connectivity index (χ4n) is 4.39. The summed E-state index contributed by atoms with van der Waals surface area (Å²) in [5, 5.41) is 0.674. The Bertz CT molecular complexity index is 1150. The molecule has 1 heterocycles. The van der Waals surface area contributed by atoms with Gasteiger partial charge in [0.1, 0.15) is 0 Å². The van der Waals surface area contributed by atoms with Crippen LogP contribution >= 0.6 is 11.6 Å². The van der Waals surface area contributed by atoms with E-state index in [2.05, 4.69) is 29.2 Å². The molecule has 1 aliphatic heterocycles. The van der Waals surface area contributed by atoms with Gasteiger partial charge in [-0.25, -0.2) is 12.7 Å². The molecule has 0 amide bonds. The van der Waals surface area contributed by atoms with Gasteiger partial charge in [-0.05, 0) is 66.3 Å². The van der Waals surface area contributed by atoms with Gasteiger partial charge in [0, 0.05) is 31.7 Å². The summed E-state index contributed by atoms with van der Waals surface area (Å²) in [6.07, 6.45) is 1.91. The first-order valence-corrected chi connectivity index (χ1v) is 12.8. The second-order valence-electron chi connectivity index (χ2n) is 8.43. The van der Waals surface area contributed by atoms with Gasteiger partial charge in [-0.15, -0.1) is 0 Å². The standard InChI is InChI=1S/C26H29ClN2O2S/c1-28(32(30,31)26-12-3-2-4-13-26)19-24(22-10-7-11-25(27)18-22)15-17-29-16-14-21-8-5-6-9-23(21)20-29/h2-13,18,24H,14-17,19-20H2,1H3/t24-/m1/s1. The Morgan fingerprint density at radius 1 is 0.969 bits per heavy atom. The molecule has 1 atom stereocenters. The molecule has 4 rings (SSSR count). The summed E-state index contributed by atoms with van der Waals surface area (Å²) in [6.45, 7) is 3.28. The lowest BCUT2D eigenvalue weighted by Crippen LogP contribution is -2.35. The predicted molar refractivity (Wildman–Crippen MR) is 130 cm³/mol. The van der Waals surface area contributed by atoms with Gasteiger partial charge in [-0.1, -0.05) is 66.2 Å². The van der Waals surface area contributed by atoms with E-state index in [9.17, 15) is 8.42 Å². The SMILES string of the molecule is CN(C[C@@H](CCN1CCc2ccccc2C1)c1cccc(Cl)c1)S(=O)(=O)c1ccccc1. The molecule has 0 aliphatic carbocycles. The summed E-state index contributed by atoms with van der Waals surface area (Å²) >= 11 is 6.27. The molecule has 0 aromatic heterocycles. The van der Waals surface area contributed by atoms with Gasteiger partial charge in [0.15, 0.2) is 0 Å². The molecule has 3 aromatic carbocycles. The number of hydrogen-bond donors (Lipinski definition) is 0. The number of benzene rings is 3. The van der Waals surface area contributed by atoms with Crippen molar-refractivity contribution in [2.75, 3.05) is 26.7 Å². The monoisotopic (exact) mass is 468 g/mol. The summed E-state index contributed by atoms with van der Waals surface area (Å²) in [7, 11) is -1.88. The van der Waals surface area contributed by atoms with Crippen LogP contribution in [-0.2, 0) is 23.0 Å². The maximum absolute atomic E-state index is 13.1. The molecule has 0 N–H and O–H groups in total. The van der Waals surface area contributed by atoms with Crippen LogP contribution < -0.4 is 0 Å². The predicted octanol–water partition coefficient (Wildman–Crippen LogP) is 5.19. The molecule has 32 heavy (non-hydrogen) atoms. The summed E-state index contributed by atoms with van der Waals surface area (Å²) < 4.78 is 27.7. The molecule has 0 fully saturated rings. The smallest absolute Gasteiger partial charge is 0.242 e.